The monoisotopic (exact) mass is 274 g/mol. The molecule has 0 spiro atoms. The van der Waals surface area contributed by atoms with E-state index in [-0.39, 0.29) is 12.0 Å². The Hall–Kier alpha value is -2.12. The van der Waals surface area contributed by atoms with E-state index in [2.05, 4.69) is 60.7 Å². The van der Waals surface area contributed by atoms with Gasteiger partial charge in [0, 0.05) is 5.92 Å². The molecule has 1 heteroatoms. The van der Waals surface area contributed by atoms with Gasteiger partial charge in [-0.2, -0.15) is 0 Å². The number of hydrogen-bond donors (Lipinski definition) is 1. The first-order chi connectivity index (χ1) is 10.3. The van der Waals surface area contributed by atoms with E-state index in [9.17, 15) is 5.11 Å². The summed E-state index contributed by atoms with van der Waals surface area (Å²) in [6.07, 6.45) is 1.38. The van der Waals surface area contributed by atoms with Crippen LogP contribution in [0.5, 0.6) is 0 Å². The van der Waals surface area contributed by atoms with Crippen LogP contribution in [0.2, 0.25) is 0 Å². The van der Waals surface area contributed by atoms with Gasteiger partial charge in [0.2, 0.25) is 0 Å². The van der Waals surface area contributed by atoms with Gasteiger partial charge in [-0.1, -0.05) is 66.7 Å². The molecule has 0 saturated heterocycles. The lowest BCUT2D eigenvalue weighted by molar-refractivity contribution is 0.135. The van der Waals surface area contributed by atoms with Gasteiger partial charge in [-0.25, -0.2) is 0 Å². The van der Waals surface area contributed by atoms with Crippen LogP contribution in [0.4, 0.5) is 0 Å². The summed E-state index contributed by atoms with van der Waals surface area (Å²) in [7, 11) is 0. The zero-order valence-electron chi connectivity index (χ0n) is 11.9. The van der Waals surface area contributed by atoms with Crippen molar-refractivity contribution in [1.29, 1.82) is 0 Å². The fourth-order valence-corrected chi connectivity index (χ4v) is 3.50. The van der Waals surface area contributed by atoms with E-state index in [1.54, 1.807) is 0 Å². The molecule has 4 rings (SSSR count). The molecule has 0 aromatic heterocycles. The molecular weight excluding hydrogens is 256 g/mol. The molecule has 0 bridgehead atoms. The fourth-order valence-electron chi connectivity index (χ4n) is 3.50. The summed E-state index contributed by atoms with van der Waals surface area (Å²) >= 11 is 0. The molecule has 0 unspecified atom stereocenters. The first kappa shape index (κ1) is 12.6. The number of fused-ring (bicyclic) bond motifs is 2. The maximum atomic E-state index is 10.5. The highest BCUT2D eigenvalue weighted by Crippen LogP contribution is 2.34. The highest BCUT2D eigenvalue weighted by Gasteiger charge is 2.28. The zero-order valence-corrected chi connectivity index (χ0v) is 11.9. The standard InChI is InChI=1S/C20H18O/c21-20-13-18-11-16-9-5-4-8-15(16)10-17(18)12-19(20)14-6-2-1-3-7-14/h1-11,19-21H,12-13H2/t19-,20+/m0/s1. The van der Waals surface area contributed by atoms with Crippen molar-refractivity contribution in [2.24, 2.45) is 0 Å². The molecule has 1 aliphatic carbocycles. The first-order valence-electron chi connectivity index (χ1n) is 7.55. The van der Waals surface area contributed by atoms with E-state index < -0.39 is 0 Å². The number of aliphatic hydroxyl groups is 1. The predicted octanol–water partition coefficient (Wildman–Crippen LogP) is 4.08. The van der Waals surface area contributed by atoms with Gasteiger partial charge in [0.1, 0.15) is 0 Å². The third kappa shape index (κ3) is 2.24. The van der Waals surface area contributed by atoms with Crippen molar-refractivity contribution < 1.29 is 5.11 Å². The maximum absolute atomic E-state index is 10.5. The summed E-state index contributed by atoms with van der Waals surface area (Å²) in [5.74, 6) is 0.208. The number of benzene rings is 3. The molecule has 3 aromatic carbocycles. The third-order valence-corrected chi connectivity index (χ3v) is 4.63. The Morgan fingerprint density at radius 1 is 0.714 bits per heavy atom. The first-order valence-corrected chi connectivity index (χ1v) is 7.55. The number of aliphatic hydroxyl groups excluding tert-OH is 1. The highest BCUT2D eigenvalue weighted by atomic mass is 16.3. The maximum Gasteiger partial charge on any atom is 0.0652 e. The second-order valence-corrected chi connectivity index (χ2v) is 5.96. The van der Waals surface area contributed by atoms with Crippen LogP contribution in [-0.2, 0) is 12.8 Å². The van der Waals surface area contributed by atoms with E-state index in [0.29, 0.717) is 0 Å². The largest absolute Gasteiger partial charge is 0.392 e. The van der Waals surface area contributed by atoms with E-state index in [1.807, 2.05) is 6.07 Å². The Morgan fingerprint density at radius 3 is 1.95 bits per heavy atom. The van der Waals surface area contributed by atoms with Gasteiger partial charge in [0.25, 0.3) is 0 Å². The SMILES string of the molecule is O[C@@H]1Cc2cc3ccccc3cc2C[C@H]1c1ccccc1. The molecule has 21 heavy (non-hydrogen) atoms. The normalized spacial score (nSPS) is 21.2. The van der Waals surface area contributed by atoms with Gasteiger partial charge < -0.3 is 5.11 Å². The Kier molecular flexibility index (Phi) is 3.01. The summed E-state index contributed by atoms with van der Waals surface area (Å²) in [5.41, 5.74) is 3.92. The van der Waals surface area contributed by atoms with E-state index >= 15 is 0 Å². The molecule has 1 N–H and O–H groups in total. The summed E-state index contributed by atoms with van der Waals surface area (Å²) in [6, 6.07) is 23.4. The van der Waals surface area contributed by atoms with Crippen molar-refractivity contribution >= 4 is 10.8 Å². The van der Waals surface area contributed by atoms with Crippen molar-refractivity contribution in [3.05, 3.63) is 83.4 Å². The molecule has 0 aliphatic heterocycles. The van der Waals surface area contributed by atoms with Gasteiger partial charge in [0.05, 0.1) is 6.10 Å². The average Bonchev–Trinajstić information content (AvgIpc) is 2.53. The van der Waals surface area contributed by atoms with Crippen molar-refractivity contribution in [2.45, 2.75) is 24.9 Å². The molecule has 2 atom stereocenters. The minimum atomic E-state index is -0.291. The Labute approximate surface area is 124 Å². The predicted molar refractivity (Wildman–Crippen MR) is 86.5 cm³/mol. The van der Waals surface area contributed by atoms with Crippen LogP contribution in [-0.4, -0.2) is 11.2 Å². The van der Waals surface area contributed by atoms with E-state index in [4.69, 9.17) is 0 Å². The average molecular weight is 274 g/mol. The van der Waals surface area contributed by atoms with Crippen molar-refractivity contribution in [1.82, 2.24) is 0 Å². The van der Waals surface area contributed by atoms with Crippen molar-refractivity contribution in [3.63, 3.8) is 0 Å². The number of hydrogen-bond acceptors (Lipinski definition) is 1. The molecule has 0 amide bonds. The topological polar surface area (TPSA) is 20.2 Å². The lowest BCUT2D eigenvalue weighted by atomic mass is 9.77. The van der Waals surface area contributed by atoms with Gasteiger partial charge in [0.15, 0.2) is 0 Å². The minimum absolute atomic E-state index is 0.208. The quantitative estimate of drug-likeness (QED) is 0.709. The summed E-state index contributed by atoms with van der Waals surface area (Å²) in [5, 5.41) is 13.1. The minimum Gasteiger partial charge on any atom is -0.392 e. The summed E-state index contributed by atoms with van der Waals surface area (Å²) in [6.45, 7) is 0. The van der Waals surface area contributed by atoms with Crippen LogP contribution >= 0.6 is 0 Å². The highest BCUT2D eigenvalue weighted by molar-refractivity contribution is 5.84. The molecular formula is C20H18O. The van der Waals surface area contributed by atoms with Crippen LogP contribution in [0.1, 0.15) is 22.6 Å². The van der Waals surface area contributed by atoms with Gasteiger partial charge in [-0.3, -0.25) is 0 Å². The Morgan fingerprint density at radius 2 is 1.29 bits per heavy atom. The molecule has 0 fully saturated rings. The smallest absolute Gasteiger partial charge is 0.0652 e. The number of rotatable bonds is 1. The van der Waals surface area contributed by atoms with Crippen molar-refractivity contribution in [3.8, 4) is 0 Å². The van der Waals surface area contributed by atoms with Crippen LogP contribution in [0.3, 0.4) is 0 Å². The Balaban J connectivity index is 1.78. The molecule has 0 radical (unpaired) electrons. The van der Waals surface area contributed by atoms with Gasteiger partial charge in [-0.05, 0) is 40.3 Å². The van der Waals surface area contributed by atoms with Crippen LogP contribution < -0.4 is 0 Å². The summed E-state index contributed by atoms with van der Waals surface area (Å²) < 4.78 is 0. The molecule has 1 aliphatic rings. The lowest BCUT2D eigenvalue weighted by Crippen LogP contribution is -2.28. The second kappa shape index (κ2) is 5.01. The van der Waals surface area contributed by atoms with Gasteiger partial charge >= 0.3 is 0 Å². The van der Waals surface area contributed by atoms with Crippen molar-refractivity contribution in [2.75, 3.05) is 0 Å². The van der Waals surface area contributed by atoms with Gasteiger partial charge in [-0.15, -0.1) is 0 Å². The molecule has 104 valence electrons. The molecule has 1 nitrogen and oxygen atoms in total. The molecule has 0 saturated carbocycles. The lowest BCUT2D eigenvalue weighted by Gasteiger charge is -2.30. The fraction of sp³-hybridized carbons (Fsp3) is 0.200. The van der Waals surface area contributed by atoms with E-state index in [1.165, 1.54) is 27.5 Å². The summed E-state index contributed by atoms with van der Waals surface area (Å²) in [4.78, 5) is 0. The van der Waals surface area contributed by atoms with Crippen LogP contribution in [0.15, 0.2) is 66.7 Å². The second-order valence-electron chi connectivity index (χ2n) is 5.96. The zero-order chi connectivity index (χ0) is 14.2. The van der Waals surface area contributed by atoms with Crippen LogP contribution in [0, 0.1) is 0 Å². The van der Waals surface area contributed by atoms with Crippen LogP contribution in [0.25, 0.3) is 10.8 Å². The Bertz CT molecular complexity index is 776. The third-order valence-electron chi connectivity index (χ3n) is 4.63. The molecule has 3 aromatic rings. The van der Waals surface area contributed by atoms with E-state index in [0.717, 1.165) is 12.8 Å². The molecule has 0 heterocycles.